The lowest BCUT2D eigenvalue weighted by molar-refractivity contribution is -0.140. The molecule has 142 valence electrons. The second-order valence-corrected chi connectivity index (χ2v) is 7.65. The number of nitrogens with zero attached hydrogens (tertiary/aromatic N) is 2. The zero-order chi connectivity index (χ0) is 18.9. The number of amides is 1. The van der Waals surface area contributed by atoms with Crippen molar-refractivity contribution in [1.82, 2.24) is 15.2 Å². The van der Waals surface area contributed by atoms with Crippen molar-refractivity contribution in [1.29, 1.82) is 0 Å². The van der Waals surface area contributed by atoms with E-state index in [1.54, 1.807) is 6.92 Å². The molecule has 26 heavy (non-hydrogen) atoms. The van der Waals surface area contributed by atoms with Gasteiger partial charge in [0.1, 0.15) is 10.5 Å². The highest BCUT2D eigenvalue weighted by molar-refractivity contribution is 7.20. The summed E-state index contributed by atoms with van der Waals surface area (Å²) >= 11 is 1.06. The molecule has 0 aliphatic carbocycles. The molecule has 0 aromatic carbocycles. The Labute approximate surface area is 154 Å². The maximum Gasteiger partial charge on any atom is 0.433 e. The number of nitrogens with one attached hydrogen (secondary N) is 1. The van der Waals surface area contributed by atoms with Crippen molar-refractivity contribution in [2.45, 2.75) is 32.9 Å². The third-order valence-electron chi connectivity index (χ3n) is 4.87. The SMILES string of the molecule is CCNCC1CCN(C(=O)c2sc3nc(C(F)(F)F)ccc3c2C)CC1. The molecule has 1 fully saturated rings. The number of carbonyl (C=O) groups is 1. The van der Waals surface area contributed by atoms with Crippen molar-refractivity contribution in [3.8, 4) is 0 Å². The highest BCUT2D eigenvalue weighted by Gasteiger charge is 2.33. The van der Waals surface area contributed by atoms with Crippen LogP contribution in [0, 0.1) is 12.8 Å². The molecule has 1 saturated heterocycles. The lowest BCUT2D eigenvalue weighted by Gasteiger charge is -2.32. The van der Waals surface area contributed by atoms with E-state index in [1.807, 2.05) is 4.90 Å². The molecular weight excluding hydrogens is 363 g/mol. The quantitative estimate of drug-likeness (QED) is 0.862. The van der Waals surface area contributed by atoms with Crippen LogP contribution in [0.25, 0.3) is 10.2 Å². The van der Waals surface area contributed by atoms with Gasteiger partial charge in [0.05, 0.1) is 4.88 Å². The molecule has 1 aliphatic rings. The lowest BCUT2D eigenvalue weighted by Crippen LogP contribution is -2.40. The van der Waals surface area contributed by atoms with Crippen LogP contribution in [-0.2, 0) is 6.18 Å². The summed E-state index contributed by atoms with van der Waals surface area (Å²) in [6.45, 7) is 7.12. The molecule has 0 radical (unpaired) electrons. The largest absolute Gasteiger partial charge is 0.433 e. The number of thiophene rings is 1. The smallest absolute Gasteiger partial charge is 0.338 e. The fourth-order valence-electron chi connectivity index (χ4n) is 3.29. The number of carbonyl (C=O) groups excluding carboxylic acids is 1. The van der Waals surface area contributed by atoms with Crippen molar-refractivity contribution < 1.29 is 18.0 Å². The number of aryl methyl sites for hydroxylation is 1. The average molecular weight is 385 g/mol. The molecule has 0 atom stereocenters. The zero-order valence-electron chi connectivity index (χ0n) is 14.8. The van der Waals surface area contributed by atoms with Gasteiger partial charge in [-0.25, -0.2) is 4.98 Å². The van der Waals surface area contributed by atoms with Crippen LogP contribution in [0.4, 0.5) is 13.2 Å². The maximum atomic E-state index is 12.9. The number of alkyl halides is 3. The molecule has 3 heterocycles. The minimum absolute atomic E-state index is 0.0963. The van der Waals surface area contributed by atoms with Crippen LogP contribution >= 0.6 is 11.3 Å². The van der Waals surface area contributed by atoms with Gasteiger partial charge in [0, 0.05) is 18.5 Å². The number of aromatic nitrogens is 1. The predicted molar refractivity (Wildman–Crippen MR) is 96.5 cm³/mol. The summed E-state index contributed by atoms with van der Waals surface area (Å²) in [5.41, 5.74) is -0.208. The Balaban J connectivity index is 1.78. The molecule has 4 nitrogen and oxygen atoms in total. The molecule has 0 bridgehead atoms. The molecular formula is C18H22F3N3OS. The van der Waals surface area contributed by atoms with E-state index < -0.39 is 11.9 Å². The summed E-state index contributed by atoms with van der Waals surface area (Å²) < 4.78 is 38.6. The average Bonchev–Trinajstić information content (AvgIpc) is 2.95. The van der Waals surface area contributed by atoms with Gasteiger partial charge in [-0.05, 0) is 56.5 Å². The molecule has 8 heteroatoms. The van der Waals surface area contributed by atoms with Gasteiger partial charge in [0.25, 0.3) is 5.91 Å². The minimum Gasteiger partial charge on any atom is -0.338 e. The van der Waals surface area contributed by atoms with E-state index in [4.69, 9.17) is 0 Å². The summed E-state index contributed by atoms with van der Waals surface area (Å²) in [4.78, 5) is 19.2. The van der Waals surface area contributed by atoms with Crippen LogP contribution < -0.4 is 5.32 Å². The van der Waals surface area contributed by atoms with Crippen molar-refractivity contribution in [2.24, 2.45) is 5.92 Å². The molecule has 0 saturated carbocycles. The van der Waals surface area contributed by atoms with Gasteiger partial charge in [-0.15, -0.1) is 11.3 Å². The third-order valence-corrected chi connectivity index (χ3v) is 6.06. The number of halogens is 3. The Morgan fingerprint density at radius 3 is 2.65 bits per heavy atom. The monoisotopic (exact) mass is 385 g/mol. The fraction of sp³-hybridized carbons (Fsp3) is 0.556. The molecule has 1 amide bonds. The maximum absolute atomic E-state index is 12.9. The van der Waals surface area contributed by atoms with Gasteiger partial charge in [-0.3, -0.25) is 4.79 Å². The van der Waals surface area contributed by atoms with Gasteiger partial charge >= 0.3 is 6.18 Å². The standard InChI is InChI=1S/C18H22F3N3OS/c1-3-22-10-12-6-8-24(9-7-12)17(25)15-11(2)13-4-5-14(18(19,20)21)23-16(13)26-15/h4-5,12,22H,3,6-10H2,1-2H3. The van der Waals surface area contributed by atoms with Crippen molar-refractivity contribution in [3.05, 3.63) is 28.3 Å². The number of hydrogen-bond acceptors (Lipinski definition) is 4. The Hall–Kier alpha value is -1.67. The Bertz CT molecular complexity index is 795. The number of hydrogen-bond donors (Lipinski definition) is 1. The van der Waals surface area contributed by atoms with E-state index in [2.05, 4.69) is 17.2 Å². The summed E-state index contributed by atoms with van der Waals surface area (Å²) in [5, 5.41) is 3.96. The first-order valence-electron chi connectivity index (χ1n) is 8.78. The fourth-order valence-corrected chi connectivity index (χ4v) is 4.44. The van der Waals surface area contributed by atoms with Gasteiger partial charge in [0.2, 0.25) is 0 Å². The van der Waals surface area contributed by atoms with E-state index in [1.165, 1.54) is 6.07 Å². The molecule has 0 unspecified atom stereocenters. The highest BCUT2D eigenvalue weighted by atomic mass is 32.1. The van der Waals surface area contributed by atoms with Crippen molar-refractivity contribution >= 4 is 27.5 Å². The molecule has 2 aromatic rings. The van der Waals surface area contributed by atoms with Gasteiger partial charge in [-0.2, -0.15) is 13.2 Å². The molecule has 1 N–H and O–H groups in total. The van der Waals surface area contributed by atoms with E-state index in [0.29, 0.717) is 34.8 Å². The summed E-state index contributed by atoms with van der Waals surface area (Å²) in [5.74, 6) is 0.472. The highest BCUT2D eigenvalue weighted by Crippen LogP contribution is 2.35. The van der Waals surface area contributed by atoms with Crippen LogP contribution in [0.3, 0.4) is 0 Å². The van der Waals surface area contributed by atoms with Crippen LogP contribution in [-0.4, -0.2) is 42.0 Å². The summed E-state index contributed by atoms with van der Waals surface area (Å²) in [7, 11) is 0. The second-order valence-electron chi connectivity index (χ2n) is 6.65. The molecule has 3 rings (SSSR count). The Morgan fingerprint density at radius 1 is 1.35 bits per heavy atom. The summed E-state index contributed by atoms with van der Waals surface area (Å²) in [6, 6.07) is 2.39. The third kappa shape index (κ3) is 3.86. The molecule has 1 aliphatic heterocycles. The topological polar surface area (TPSA) is 45.2 Å². The van der Waals surface area contributed by atoms with Gasteiger partial charge in [0.15, 0.2) is 0 Å². The van der Waals surface area contributed by atoms with E-state index in [0.717, 1.165) is 43.3 Å². The van der Waals surface area contributed by atoms with Gasteiger partial charge < -0.3 is 10.2 Å². The zero-order valence-corrected chi connectivity index (χ0v) is 15.6. The molecule has 0 spiro atoms. The first kappa shape index (κ1) is 19.1. The first-order valence-corrected chi connectivity index (χ1v) is 9.60. The number of piperidine rings is 1. The van der Waals surface area contributed by atoms with Crippen LogP contribution in [0.1, 0.15) is 40.7 Å². The number of likely N-dealkylation sites (tertiary alicyclic amines) is 1. The first-order chi connectivity index (χ1) is 12.3. The summed E-state index contributed by atoms with van der Waals surface area (Å²) in [6.07, 6.45) is -2.59. The van der Waals surface area contributed by atoms with Crippen LogP contribution in [0.2, 0.25) is 0 Å². The number of fused-ring (bicyclic) bond motifs is 1. The normalized spacial score (nSPS) is 16.4. The van der Waals surface area contributed by atoms with E-state index in [9.17, 15) is 18.0 Å². The van der Waals surface area contributed by atoms with Crippen LogP contribution in [0.5, 0.6) is 0 Å². The lowest BCUT2D eigenvalue weighted by atomic mass is 9.96. The van der Waals surface area contributed by atoms with Crippen LogP contribution in [0.15, 0.2) is 12.1 Å². The van der Waals surface area contributed by atoms with Crippen molar-refractivity contribution in [2.75, 3.05) is 26.2 Å². The van der Waals surface area contributed by atoms with E-state index in [-0.39, 0.29) is 10.7 Å². The second kappa shape index (κ2) is 7.52. The minimum atomic E-state index is -4.48. The Kier molecular flexibility index (Phi) is 5.53. The Morgan fingerprint density at radius 2 is 2.04 bits per heavy atom. The van der Waals surface area contributed by atoms with Crippen molar-refractivity contribution in [3.63, 3.8) is 0 Å². The number of rotatable bonds is 4. The van der Waals surface area contributed by atoms with E-state index >= 15 is 0 Å². The number of pyridine rings is 1. The van der Waals surface area contributed by atoms with Gasteiger partial charge in [-0.1, -0.05) is 6.92 Å². The predicted octanol–water partition coefficient (Wildman–Crippen LogP) is 4.09. The molecule has 2 aromatic heterocycles.